The lowest BCUT2D eigenvalue weighted by Gasteiger charge is -2.40. The quantitative estimate of drug-likeness (QED) is 0.359. The molecule has 3 atom stereocenters. The fourth-order valence-electron chi connectivity index (χ4n) is 4.98. The third kappa shape index (κ3) is 8.08. The normalized spacial score (nSPS) is 22.0. The number of aromatic nitrogens is 2. The molecule has 0 spiro atoms. The van der Waals surface area contributed by atoms with Gasteiger partial charge in [-0.3, -0.25) is 9.69 Å². The van der Waals surface area contributed by atoms with Crippen LogP contribution < -0.4 is 10.2 Å². The highest BCUT2D eigenvalue weighted by Gasteiger charge is 2.34. The van der Waals surface area contributed by atoms with Gasteiger partial charge in [0.15, 0.2) is 6.29 Å². The number of aliphatic hydroxyl groups is 1. The van der Waals surface area contributed by atoms with Gasteiger partial charge in [0.25, 0.3) is 9.70 Å². The number of ether oxygens (including phenoxy) is 2. The van der Waals surface area contributed by atoms with E-state index in [1.54, 1.807) is 12.4 Å². The number of amides is 1. The van der Waals surface area contributed by atoms with E-state index in [4.69, 9.17) is 44.3 Å². The van der Waals surface area contributed by atoms with Crippen molar-refractivity contribution in [1.29, 1.82) is 0 Å². The van der Waals surface area contributed by atoms with Crippen LogP contribution in [0.2, 0.25) is 0 Å². The van der Waals surface area contributed by atoms with Crippen LogP contribution in [0.5, 0.6) is 0 Å². The van der Waals surface area contributed by atoms with Crippen LogP contribution in [-0.2, 0) is 27.4 Å². The van der Waals surface area contributed by atoms with Crippen LogP contribution in [0.3, 0.4) is 0 Å². The molecule has 2 fully saturated rings. The average molecular weight is 621 g/mol. The molecule has 41 heavy (non-hydrogen) atoms. The van der Waals surface area contributed by atoms with Crippen molar-refractivity contribution in [2.75, 3.05) is 37.6 Å². The van der Waals surface area contributed by atoms with Gasteiger partial charge in [0.05, 0.1) is 18.8 Å². The smallest absolute Gasteiger partial charge is 0.272 e. The van der Waals surface area contributed by atoms with Crippen LogP contribution in [0.15, 0.2) is 67.0 Å². The van der Waals surface area contributed by atoms with Crippen LogP contribution in [0.4, 0.5) is 5.95 Å². The molecule has 0 saturated carbocycles. The van der Waals surface area contributed by atoms with Gasteiger partial charge in [0.1, 0.15) is 0 Å². The Morgan fingerprint density at radius 3 is 2.20 bits per heavy atom. The molecule has 0 radical (unpaired) electrons. The van der Waals surface area contributed by atoms with E-state index in [9.17, 15) is 9.90 Å². The number of carbonyl (C=O) groups is 1. The van der Waals surface area contributed by atoms with Crippen molar-refractivity contribution in [1.82, 2.24) is 20.2 Å². The Kier molecular flexibility index (Phi) is 9.98. The molecule has 5 rings (SSSR count). The minimum absolute atomic E-state index is 0.00533. The summed E-state index contributed by atoms with van der Waals surface area (Å²) < 4.78 is 11.0. The summed E-state index contributed by atoms with van der Waals surface area (Å²) in [4.78, 5) is 25.3. The maximum absolute atomic E-state index is 11.9. The Balaban J connectivity index is 1.25. The van der Waals surface area contributed by atoms with E-state index in [1.165, 1.54) is 0 Å². The van der Waals surface area contributed by atoms with Crippen LogP contribution >= 0.6 is 34.8 Å². The topological polar surface area (TPSA) is 100 Å². The monoisotopic (exact) mass is 619 g/mol. The minimum Gasteiger partial charge on any atom is -0.392 e. The second kappa shape index (κ2) is 13.6. The highest BCUT2D eigenvalue weighted by atomic mass is 35.6. The molecule has 218 valence electrons. The molecule has 2 saturated heterocycles. The zero-order valence-electron chi connectivity index (χ0n) is 22.3. The number of aliphatic hydroxyl groups excluding tert-OH is 1. The van der Waals surface area contributed by atoms with Gasteiger partial charge in [-0.2, -0.15) is 0 Å². The first-order valence-electron chi connectivity index (χ1n) is 13.5. The number of hydrogen-bond acceptors (Lipinski definition) is 8. The van der Waals surface area contributed by atoms with Crippen molar-refractivity contribution in [3.8, 4) is 0 Å². The van der Waals surface area contributed by atoms with Gasteiger partial charge in [-0.05, 0) is 22.8 Å². The van der Waals surface area contributed by atoms with Gasteiger partial charge in [-0.1, -0.05) is 83.3 Å². The number of anilines is 1. The lowest BCUT2D eigenvalue weighted by atomic mass is 9.99. The maximum atomic E-state index is 11.9. The predicted octanol–water partition coefficient (Wildman–Crippen LogP) is 4.32. The second-order valence-electron chi connectivity index (χ2n) is 10.1. The standard InChI is InChI=1S/C29H32Cl3N5O4/c30-29(31,32)27(39)35-17-20-2-8-23(9-3-20)26-40-24(16-25(41-26)22-6-4-21(19-38)5-7-22)18-36-12-14-37(15-13-36)28-33-10-1-11-34-28/h1-11,24-26,38H,12-19H2,(H,35,39)/t24-,25+,26+/m1/s1. The summed E-state index contributed by atoms with van der Waals surface area (Å²) in [7, 11) is 0. The van der Waals surface area contributed by atoms with Gasteiger partial charge >= 0.3 is 0 Å². The Morgan fingerprint density at radius 2 is 1.56 bits per heavy atom. The highest BCUT2D eigenvalue weighted by molar-refractivity contribution is 6.76. The summed E-state index contributed by atoms with van der Waals surface area (Å²) in [6.07, 6.45) is 3.44. The van der Waals surface area contributed by atoms with E-state index in [0.717, 1.165) is 60.9 Å². The summed E-state index contributed by atoms with van der Waals surface area (Å²) in [6.45, 7) is 4.45. The number of piperazine rings is 1. The molecule has 2 N–H and O–H groups in total. The van der Waals surface area contributed by atoms with Crippen molar-refractivity contribution in [2.24, 2.45) is 0 Å². The third-order valence-electron chi connectivity index (χ3n) is 7.25. The third-order valence-corrected chi connectivity index (χ3v) is 7.76. The molecule has 0 bridgehead atoms. The van der Waals surface area contributed by atoms with Gasteiger partial charge in [-0.15, -0.1) is 0 Å². The molecule has 1 amide bonds. The number of rotatable bonds is 8. The first-order chi connectivity index (χ1) is 19.8. The molecule has 3 aromatic rings. The average Bonchev–Trinajstić information content (AvgIpc) is 3.00. The van der Waals surface area contributed by atoms with E-state index in [0.29, 0.717) is 6.42 Å². The zero-order valence-corrected chi connectivity index (χ0v) is 24.6. The fraction of sp³-hybridized carbons (Fsp3) is 0.414. The van der Waals surface area contributed by atoms with Crippen molar-refractivity contribution < 1.29 is 19.4 Å². The van der Waals surface area contributed by atoms with E-state index < -0.39 is 16.0 Å². The molecular formula is C29H32Cl3N5O4. The van der Waals surface area contributed by atoms with Crippen molar-refractivity contribution in [2.45, 2.75) is 41.9 Å². The van der Waals surface area contributed by atoms with Gasteiger partial charge in [0.2, 0.25) is 5.95 Å². The van der Waals surface area contributed by atoms with Gasteiger partial charge in [0, 0.05) is 63.6 Å². The number of alkyl halides is 3. The van der Waals surface area contributed by atoms with E-state index in [-0.39, 0.29) is 25.4 Å². The number of benzene rings is 2. The van der Waals surface area contributed by atoms with Crippen molar-refractivity contribution in [3.05, 3.63) is 89.2 Å². The number of halogens is 3. The first-order valence-corrected chi connectivity index (χ1v) is 14.6. The summed E-state index contributed by atoms with van der Waals surface area (Å²) >= 11 is 16.9. The Bertz CT molecular complexity index is 1270. The second-order valence-corrected chi connectivity index (χ2v) is 12.4. The zero-order chi connectivity index (χ0) is 28.8. The summed E-state index contributed by atoms with van der Waals surface area (Å²) in [5, 5.41) is 12.1. The summed E-state index contributed by atoms with van der Waals surface area (Å²) in [5.74, 6) is 0.0804. The molecular weight excluding hydrogens is 589 g/mol. The fourth-order valence-corrected chi connectivity index (χ4v) is 5.18. The lowest BCUT2D eigenvalue weighted by molar-refractivity contribution is -0.253. The van der Waals surface area contributed by atoms with Gasteiger partial charge < -0.3 is 24.8 Å². The largest absolute Gasteiger partial charge is 0.392 e. The summed E-state index contributed by atoms with van der Waals surface area (Å²) in [6, 6.07) is 17.3. The molecule has 0 aliphatic carbocycles. The van der Waals surface area contributed by atoms with Crippen LogP contribution in [-0.4, -0.2) is 68.5 Å². The van der Waals surface area contributed by atoms with Crippen LogP contribution in [0.1, 0.15) is 41.1 Å². The van der Waals surface area contributed by atoms with E-state index >= 15 is 0 Å². The predicted molar refractivity (Wildman–Crippen MR) is 158 cm³/mol. The Hall–Kier alpha value is -2.50. The van der Waals surface area contributed by atoms with Crippen LogP contribution in [0.25, 0.3) is 0 Å². The number of nitrogens with one attached hydrogen (secondary N) is 1. The Labute approximate surface area is 254 Å². The van der Waals surface area contributed by atoms with Crippen molar-refractivity contribution in [3.63, 3.8) is 0 Å². The number of nitrogens with zero attached hydrogens (tertiary/aromatic N) is 4. The van der Waals surface area contributed by atoms with Crippen molar-refractivity contribution >= 4 is 46.7 Å². The SMILES string of the molecule is O=C(NCc1ccc([C@H]2O[C@@H](CN3CCN(c4ncccn4)CC3)C[C@@H](c3ccc(CO)cc3)O2)cc1)C(Cl)(Cl)Cl. The molecule has 2 aliphatic heterocycles. The molecule has 0 unspecified atom stereocenters. The van der Waals surface area contributed by atoms with E-state index in [2.05, 4.69) is 25.1 Å². The highest BCUT2D eigenvalue weighted by Crippen LogP contribution is 2.38. The molecule has 1 aromatic heterocycles. The lowest BCUT2D eigenvalue weighted by Crippen LogP contribution is -2.50. The maximum Gasteiger partial charge on any atom is 0.272 e. The molecule has 9 nitrogen and oxygen atoms in total. The summed E-state index contributed by atoms with van der Waals surface area (Å²) in [5.41, 5.74) is 3.61. The number of hydrogen-bond donors (Lipinski definition) is 2. The number of carbonyl (C=O) groups excluding carboxylic acids is 1. The molecule has 3 heterocycles. The first kappa shape index (κ1) is 30.0. The van der Waals surface area contributed by atoms with E-state index in [1.807, 2.05) is 54.6 Å². The minimum atomic E-state index is -2.01. The molecule has 12 heteroatoms. The molecule has 2 aliphatic rings. The van der Waals surface area contributed by atoms with Gasteiger partial charge in [-0.25, -0.2) is 9.97 Å². The van der Waals surface area contributed by atoms with Crippen LogP contribution in [0, 0.1) is 0 Å². The molecule has 2 aromatic carbocycles. The Morgan fingerprint density at radius 1 is 0.927 bits per heavy atom.